The summed E-state index contributed by atoms with van der Waals surface area (Å²) < 4.78 is 13.2. The van der Waals surface area contributed by atoms with E-state index in [0.29, 0.717) is 11.7 Å². The minimum atomic E-state index is -0.897. The third-order valence-electron chi connectivity index (χ3n) is 2.21. The summed E-state index contributed by atoms with van der Waals surface area (Å²) in [4.78, 5) is 14.8. The molecule has 1 rings (SSSR count). The number of carboxylic acid groups (broad SMARTS) is 1. The molecule has 0 aromatic carbocycles. The van der Waals surface area contributed by atoms with Gasteiger partial charge in [0.05, 0.1) is 11.4 Å². The second-order valence-corrected chi connectivity index (χ2v) is 6.55. The Kier molecular flexibility index (Phi) is 5.20. The Labute approximate surface area is 107 Å². The number of aryl methyl sites for hydroxylation is 1. The molecular weight excluding hydrogens is 260 g/mol. The molecule has 96 valence electrons. The van der Waals surface area contributed by atoms with Crippen LogP contribution in [0.5, 0.6) is 0 Å². The summed E-state index contributed by atoms with van der Waals surface area (Å²) in [6.07, 6.45) is 3.52. The Balaban J connectivity index is 2.76. The van der Waals surface area contributed by atoms with Crippen LogP contribution in [0.25, 0.3) is 0 Å². The van der Waals surface area contributed by atoms with Gasteiger partial charge in [0, 0.05) is 35.0 Å². The van der Waals surface area contributed by atoms with Crippen molar-refractivity contribution in [2.24, 2.45) is 0 Å². The highest BCUT2D eigenvalue weighted by Gasteiger charge is 2.13. The van der Waals surface area contributed by atoms with E-state index < -0.39 is 16.8 Å². The second kappa shape index (κ2) is 6.20. The molecule has 1 aromatic rings. The Morgan fingerprint density at radius 2 is 2.35 bits per heavy atom. The van der Waals surface area contributed by atoms with Gasteiger partial charge in [0.15, 0.2) is 5.16 Å². The number of hydrogen-bond donors (Lipinski definition) is 1. The molecule has 0 aliphatic carbocycles. The summed E-state index contributed by atoms with van der Waals surface area (Å²) in [5.41, 5.74) is 0.840. The summed E-state index contributed by atoms with van der Waals surface area (Å²) in [6, 6.07) is 0. The summed E-state index contributed by atoms with van der Waals surface area (Å²) >= 11 is 1.18. The van der Waals surface area contributed by atoms with Crippen molar-refractivity contribution in [2.45, 2.75) is 30.8 Å². The molecule has 0 bridgehead atoms. The maximum Gasteiger partial charge on any atom is 0.313 e. The number of aliphatic carboxylic acids is 1. The average Bonchev–Trinajstić information content (AvgIpc) is 2.55. The van der Waals surface area contributed by atoms with Crippen molar-refractivity contribution in [1.29, 1.82) is 0 Å². The number of aromatic nitrogens is 2. The minimum Gasteiger partial charge on any atom is -0.481 e. The van der Waals surface area contributed by atoms with E-state index in [2.05, 4.69) is 4.98 Å². The highest BCUT2D eigenvalue weighted by molar-refractivity contribution is 7.99. The summed E-state index contributed by atoms with van der Waals surface area (Å²) in [5.74, 6) is -0.880. The maximum atomic E-state index is 11.3. The molecule has 5 nitrogen and oxygen atoms in total. The normalized spacial score (nSPS) is 14.5. The van der Waals surface area contributed by atoms with E-state index in [-0.39, 0.29) is 11.0 Å². The molecule has 0 saturated carbocycles. The van der Waals surface area contributed by atoms with Gasteiger partial charge in [-0.1, -0.05) is 11.8 Å². The van der Waals surface area contributed by atoms with Gasteiger partial charge in [0.25, 0.3) is 0 Å². The van der Waals surface area contributed by atoms with Gasteiger partial charge in [-0.25, -0.2) is 4.98 Å². The third kappa shape index (κ3) is 4.51. The van der Waals surface area contributed by atoms with Gasteiger partial charge < -0.3 is 9.67 Å². The Morgan fingerprint density at radius 3 is 2.88 bits per heavy atom. The number of carboxylic acids is 1. The average molecular weight is 276 g/mol. The lowest BCUT2D eigenvalue weighted by Gasteiger charge is -2.11. The lowest BCUT2D eigenvalue weighted by Crippen LogP contribution is -2.17. The Morgan fingerprint density at radius 1 is 1.71 bits per heavy atom. The first-order valence-electron chi connectivity index (χ1n) is 5.10. The molecule has 0 radical (unpaired) electrons. The fraction of sp³-hybridized carbons (Fsp3) is 0.600. The highest BCUT2D eigenvalue weighted by Crippen LogP contribution is 2.18. The van der Waals surface area contributed by atoms with Crippen LogP contribution in [0.1, 0.15) is 12.6 Å². The molecule has 1 aromatic heterocycles. The minimum absolute atomic E-state index is 0.0138. The van der Waals surface area contributed by atoms with Gasteiger partial charge in [-0.05, 0) is 13.8 Å². The number of hydrogen-bond acceptors (Lipinski definition) is 4. The molecule has 1 N–H and O–H groups in total. The molecule has 17 heavy (non-hydrogen) atoms. The fourth-order valence-electron chi connectivity index (χ4n) is 1.28. The molecule has 0 spiro atoms. The lowest BCUT2D eigenvalue weighted by atomic mass is 10.4. The zero-order chi connectivity index (χ0) is 13.0. The first-order chi connectivity index (χ1) is 7.90. The van der Waals surface area contributed by atoms with E-state index in [9.17, 15) is 9.00 Å². The van der Waals surface area contributed by atoms with Gasteiger partial charge in [-0.15, -0.1) is 0 Å². The molecule has 0 aliphatic rings. The van der Waals surface area contributed by atoms with E-state index in [1.165, 1.54) is 11.8 Å². The molecule has 1 heterocycles. The van der Waals surface area contributed by atoms with Crippen LogP contribution in [-0.4, -0.2) is 42.1 Å². The van der Waals surface area contributed by atoms with Crippen LogP contribution in [0.2, 0.25) is 0 Å². The third-order valence-corrected chi connectivity index (χ3v) is 4.46. The number of nitrogens with zero attached hydrogens (tertiary/aromatic N) is 2. The van der Waals surface area contributed by atoms with Crippen LogP contribution in [0.3, 0.4) is 0 Å². The highest BCUT2D eigenvalue weighted by atomic mass is 32.2. The van der Waals surface area contributed by atoms with Crippen LogP contribution < -0.4 is 0 Å². The van der Waals surface area contributed by atoms with Crippen LogP contribution >= 0.6 is 11.8 Å². The van der Waals surface area contributed by atoms with Crippen molar-refractivity contribution in [1.82, 2.24) is 9.55 Å². The van der Waals surface area contributed by atoms with Crippen molar-refractivity contribution in [3.05, 3.63) is 11.9 Å². The lowest BCUT2D eigenvalue weighted by molar-refractivity contribution is -0.133. The van der Waals surface area contributed by atoms with E-state index in [0.717, 1.165) is 5.69 Å². The molecule has 7 heteroatoms. The smallest absolute Gasteiger partial charge is 0.313 e. The fourth-order valence-corrected chi connectivity index (χ4v) is 2.40. The van der Waals surface area contributed by atoms with Crippen molar-refractivity contribution in [3.8, 4) is 0 Å². The van der Waals surface area contributed by atoms with Crippen molar-refractivity contribution in [2.75, 3.05) is 12.0 Å². The van der Waals surface area contributed by atoms with Gasteiger partial charge in [-0.3, -0.25) is 9.00 Å². The van der Waals surface area contributed by atoms with Gasteiger partial charge in [0.2, 0.25) is 0 Å². The molecule has 0 aliphatic heterocycles. The number of carbonyl (C=O) groups is 1. The number of imidazole rings is 1. The van der Waals surface area contributed by atoms with E-state index >= 15 is 0 Å². The zero-order valence-electron chi connectivity index (χ0n) is 10.0. The molecular formula is C10H16N2O3S2. The van der Waals surface area contributed by atoms with E-state index in [4.69, 9.17) is 5.11 Å². The number of rotatable bonds is 6. The van der Waals surface area contributed by atoms with E-state index in [1.54, 1.807) is 6.26 Å². The van der Waals surface area contributed by atoms with E-state index in [1.807, 2.05) is 24.6 Å². The first kappa shape index (κ1) is 14.2. The van der Waals surface area contributed by atoms with Gasteiger partial charge in [-0.2, -0.15) is 0 Å². The van der Waals surface area contributed by atoms with Crippen LogP contribution in [0.15, 0.2) is 11.4 Å². The van der Waals surface area contributed by atoms with Crippen molar-refractivity contribution >= 4 is 28.5 Å². The molecule has 0 saturated heterocycles. The Bertz CT molecular complexity index is 431. The molecule has 2 unspecified atom stereocenters. The van der Waals surface area contributed by atoms with Gasteiger partial charge in [0.1, 0.15) is 0 Å². The van der Waals surface area contributed by atoms with Crippen molar-refractivity contribution < 1.29 is 14.1 Å². The van der Waals surface area contributed by atoms with Crippen LogP contribution in [0.4, 0.5) is 0 Å². The topological polar surface area (TPSA) is 72.2 Å². The molecule has 0 fully saturated rings. The van der Waals surface area contributed by atoms with Gasteiger partial charge >= 0.3 is 5.97 Å². The quantitative estimate of drug-likeness (QED) is 0.789. The van der Waals surface area contributed by atoms with Crippen molar-refractivity contribution in [3.63, 3.8) is 0 Å². The predicted molar refractivity (Wildman–Crippen MR) is 68.9 cm³/mol. The maximum absolute atomic E-state index is 11.3. The Hall–Kier alpha value is -0.820. The SMILES string of the molecule is Cc1cn(CC(C)S(C)=O)c(SCC(=O)O)n1. The summed E-state index contributed by atoms with van der Waals surface area (Å²) in [5, 5.41) is 9.33. The summed E-state index contributed by atoms with van der Waals surface area (Å²) in [6.45, 7) is 4.35. The zero-order valence-corrected chi connectivity index (χ0v) is 11.7. The largest absolute Gasteiger partial charge is 0.481 e. The first-order valence-corrected chi connectivity index (χ1v) is 7.71. The second-order valence-electron chi connectivity index (χ2n) is 3.81. The summed E-state index contributed by atoms with van der Waals surface area (Å²) in [7, 11) is -0.897. The standard InChI is InChI=1S/C10H16N2O3S2/c1-7-4-12(5-8(2)17(3)15)10(11-7)16-6-9(13)14/h4,8H,5-6H2,1-3H3,(H,13,14). The number of thioether (sulfide) groups is 1. The van der Waals surface area contributed by atoms with Crippen LogP contribution in [0, 0.1) is 6.92 Å². The predicted octanol–water partition coefficient (Wildman–Crippen LogP) is 1.14. The van der Waals surface area contributed by atoms with Crippen LogP contribution in [-0.2, 0) is 22.1 Å². The molecule has 2 atom stereocenters. The molecule has 0 amide bonds. The monoisotopic (exact) mass is 276 g/mol.